The van der Waals surface area contributed by atoms with Crippen molar-refractivity contribution in [2.45, 2.75) is 0 Å². The molecule has 3 nitrogen and oxygen atoms in total. The van der Waals surface area contributed by atoms with E-state index in [1.807, 2.05) is 42.5 Å². The van der Waals surface area contributed by atoms with E-state index in [1.165, 1.54) is 32.9 Å². The smallest absolute Gasteiger partial charge is 0.187 e. The van der Waals surface area contributed by atoms with Crippen molar-refractivity contribution in [2.24, 2.45) is 0 Å². The maximum atomic E-state index is 14.0. The van der Waals surface area contributed by atoms with Gasteiger partial charge in [0.2, 0.25) is 0 Å². The van der Waals surface area contributed by atoms with Crippen molar-refractivity contribution in [3.8, 4) is 16.8 Å². The predicted molar refractivity (Wildman–Crippen MR) is 251 cm³/mol. The first-order valence-electron chi connectivity index (χ1n) is 20.1. The van der Waals surface area contributed by atoms with E-state index in [2.05, 4.69) is 190 Å². The molecule has 0 radical (unpaired) electrons. The molecule has 0 aliphatic heterocycles. The highest BCUT2D eigenvalue weighted by Crippen LogP contribution is 2.40. The van der Waals surface area contributed by atoms with Gasteiger partial charge in [0.1, 0.15) is 5.82 Å². The molecule has 5 heteroatoms. The maximum Gasteiger partial charge on any atom is 0.187 e. The normalized spacial score (nSPS) is 11.4. The van der Waals surface area contributed by atoms with Crippen LogP contribution in [0.5, 0.6) is 0 Å². The second-order valence-corrected chi connectivity index (χ2v) is 18.8. The molecule has 284 valence electrons. The first-order valence-corrected chi connectivity index (χ1v) is 22.1. The summed E-state index contributed by atoms with van der Waals surface area (Å²) in [6, 6.07) is 80.2. The molecule has 0 spiro atoms. The van der Waals surface area contributed by atoms with Crippen LogP contribution in [0, 0.1) is 12.4 Å². The number of para-hydroxylation sites is 1. The topological polar surface area (TPSA) is 12.5 Å². The summed E-state index contributed by atoms with van der Waals surface area (Å²) in [5.74, 6) is -0.261. The number of nitrogens with zero attached hydrogens (tertiary/aromatic N) is 3. The number of anilines is 3. The Bertz CT molecular complexity index is 3020. The number of aromatic nitrogens is 1. The van der Waals surface area contributed by atoms with Crippen LogP contribution in [-0.4, -0.2) is 12.6 Å². The molecule has 60 heavy (non-hydrogen) atoms. The highest BCUT2D eigenvalue weighted by Gasteiger charge is 2.41. The average molecular weight is 788 g/mol. The minimum absolute atomic E-state index is 0.261. The third-order valence-electron chi connectivity index (χ3n) is 11.6. The van der Waals surface area contributed by atoms with Crippen LogP contribution < -0.4 is 25.6 Å². The second-order valence-electron chi connectivity index (χ2n) is 15.0. The predicted octanol–water partition coefficient (Wildman–Crippen LogP) is 12.0. The number of hydrogen-bond donors (Lipinski definition) is 0. The van der Waals surface area contributed by atoms with Gasteiger partial charge in [-0.25, -0.2) is 9.24 Å². The van der Waals surface area contributed by atoms with Crippen LogP contribution in [0.4, 0.5) is 27.1 Å². The van der Waals surface area contributed by atoms with Crippen LogP contribution in [0.1, 0.15) is 0 Å². The van der Waals surface area contributed by atoms with E-state index in [1.54, 1.807) is 0 Å². The molecule has 0 unspecified atom stereocenters. The molecule has 0 bridgehead atoms. The van der Waals surface area contributed by atoms with Crippen LogP contribution >= 0.6 is 0 Å². The summed E-state index contributed by atoms with van der Waals surface area (Å²) in [5, 5.41) is 7.58. The molecule has 0 amide bonds. The highest BCUT2D eigenvalue weighted by molar-refractivity contribution is 7.19. The largest absolute Gasteiger partial charge is 0.311 e. The van der Waals surface area contributed by atoms with Gasteiger partial charge in [0.05, 0.1) is 17.6 Å². The molecule has 0 aliphatic rings. The summed E-state index contributed by atoms with van der Waals surface area (Å²) in [5.41, 5.74) is 8.78. The van der Waals surface area contributed by atoms with Crippen molar-refractivity contribution in [1.82, 2.24) is 4.57 Å². The fourth-order valence-electron chi connectivity index (χ4n) is 8.87. The molecule has 1 aromatic heterocycles. The summed E-state index contributed by atoms with van der Waals surface area (Å²) in [7, 11) is -2.63. The molecule has 0 N–H and O–H groups in total. The van der Waals surface area contributed by atoms with E-state index in [0.717, 1.165) is 55.7 Å². The van der Waals surface area contributed by atoms with Crippen molar-refractivity contribution in [2.75, 3.05) is 4.90 Å². The molecule has 0 saturated carbocycles. The summed E-state index contributed by atoms with van der Waals surface area (Å²) < 4.78 is 16.2. The Labute approximate surface area is 350 Å². The van der Waals surface area contributed by atoms with Gasteiger partial charge in [0.25, 0.3) is 0 Å². The lowest BCUT2D eigenvalue weighted by Crippen LogP contribution is -2.74. The van der Waals surface area contributed by atoms with E-state index in [9.17, 15) is 4.39 Å². The lowest BCUT2D eigenvalue weighted by molar-refractivity contribution is 0.627. The molecule has 0 fully saturated rings. The van der Waals surface area contributed by atoms with Crippen molar-refractivity contribution < 1.29 is 4.39 Å². The summed E-state index contributed by atoms with van der Waals surface area (Å²) >= 11 is 0. The van der Waals surface area contributed by atoms with Crippen LogP contribution in [0.25, 0.3) is 43.5 Å². The molecule has 0 aliphatic carbocycles. The molecular formula is C55H38FN3Si. The number of benzene rings is 9. The Morgan fingerprint density at radius 2 is 0.867 bits per heavy atom. The Morgan fingerprint density at radius 3 is 1.42 bits per heavy atom. The Kier molecular flexibility index (Phi) is 9.46. The first kappa shape index (κ1) is 36.6. The maximum absolute atomic E-state index is 14.0. The third kappa shape index (κ3) is 6.37. The number of hydrogen-bond acceptors (Lipinski definition) is 1. The summed E-state index contributed by atoms with van der Waals surface area (Å²) in [6.45, 7) is 7.58. The first-order chi connectivity index (χ1) is 29.6. The number of fused-ring (bicyclic) bond motifs is 3. The molecule has 0 saturated heterocycles. The summed E-state index contributed by atoms with van der Waals surface area (Å²) in [6.07, 6.45) is 0. The van der Waals surface area contributed by atoms with E-state index in [-0.39, 0.29) is 5.82 Å². The zero-order valence-electron chi connectivity index (χ0n) is 32.7. The molecule has 1 heterocycles. The van der Waals surface area contributed by atoms with Gasteiger partial charge in [0, 0.05) is 33.5 Å². The summed E-state index contributed by atoms with van der Waals surface area (Å²) in [4.78, 5) is 5.89. The third-order valence-corrected chi connectivity index (χ3v) is 16.4. The Morgan fingerprint density at radius 1 is 0.417 bits per heavy atom. The van der Waals surface area contributed by atoms with Crippen molar-refractivity contribution in [1.29, 1.82) is 0 Å². The fraction of sp³-hybridized carbons (Fsp3) is 0. The van der Waals surface area contributed by atoms with Gasteiger partial charge < -0.3 is 9.47 Å². The van der Waals surface area contributed by atoms with Gasteiger partial charge in [-0.05, 0) is 105 Å². The Balaban J connectivity index is 1.06. The quantitative estimate of drug-likeness (QED) is 0.0806. The van der Waals surface area contributed by atoms with Crippen LogP contribution in [0.3, 0.4) is 0 Å². The van der Waals surface area contributed by atoms with Gasteiger partial charge >= 0.3 is 0 Å². The van der Waals surface area contributed by atoms with Crippen molar-refractivity contribution >= 4 is 73.4 Å². The van der Waals surface area contributed by atoms with E-state index in [4.69, 9.17) is 6.57 Å². The SMILES string of the molecule is [C-]#[N+]c1ccc(N(c2ccc(-c3ccc([Si](c4ccccc4)(c4ccccc4)c4ccccc4)cc3)cc2)c2ccc3c(c2)c2ccccc2n3-c2ccc(F)cc2)cc1. The standard InChI is InChI=1S/C55H38FN3Si/c1-57-43-27-33-45(34-28-43)58(47-35-38-55-53(39-47)52-19-11-12-20-54(52)59(55)46-31-25-42(56)26-32-46)44-29-21-40(22-30-44)41-23-36-51(37-24-41)60(48-13-5-2-6-14-48,49-15-7-3-8-16-49)50-17-9-4-10-18-50/h2-39H. The van der Waals surface area contributed by atoms with E-state index in [0.29, 0.717) is 5.69 Å². The lowest BCUT2D eigenvalue weighted by atomic mass is 10.0. The van der Waals surface area contributed by atoms with Crippen LogP contribution in [0.2, 0.25) is 0 Å². The highest BCUT2D eigenvalue weighted by atomic mass is 28.3. The minimum Gasteiger partial charge on any atom is -0.311 e. The van der Waals surface area contributed by atoms with Gasteiger partial charge in [0.15, 0.2) is 13.8 Å². The fourth-order valence-corrected chi connectivity index (χ4v) is 13.6. The minimum atomic E-state index is -2.63. The van der Waals surface area contributed by atoms with Gasteiger partial charge in [-0.2, -0.15) is 0 Å². The molecule has 9 aromatic carbocycles. The van der Waals surface area contributed by atoms with Crippen LogP contribution in [0.15, 0.2) is 231 Å². The molecule has 10 aromatic rings. The zero-order chi connectivity index (χ0) is 40.5. The molecule has 0 atom stereocenters. The number of rotatable bonds is 9. The van der Waals surface area contributed by atoms with Gasteiger partial charge in [-0.1, -0.05) is 158 Å². The molecular weight excluding hydrogens is 750 g/mol. The Hall–Kier alpha value is -7.78. The van der Waals surface area contributed by atoms with E-state index >= 15 is 0 Å². The van der Waals surface area contributed by atoms with E-state index < -0.39 is 8.07 Å². The van der Waals surface area contributed by atoms with Crippen molar-refractivity contribution in [3.63, 3.8) is 0 Å². The van der Waals surface area contributed by atoms with Crippen molar-refractivity contribution in [3.05, 3.63) is 248 Å². The number of halogens is 1. The lowest BCUT2D eigenvalue weighted by Gasteiger charge is -2.34. The van der Waals surface area contributed by atoms with Crippen LogP contribution in [-0.2, 0) is 0 Å². The molecule has 10 rings (SSSR count). The monoisotopic (exact) mass is 787 g/mol. The zero-order valence-corrected chi connectivity index (χ0v) is 33.7. The van der Waals surface area contributed by atoms with Gasteiger partial charge in [-0.15, -0.1) is 0 Å². The second kappa shape index (κ2) is 15.5. The average Bonchev–Trinajstić information content (AvgIpc) is 3.65. The van der Waals surface area contributed by atoms with Gasteiger partial charge in [-0.3, -0.25) is 0 Å².